The molecule has 3 rings (SSSR count). The van der Waals surface area contributed by atoms with Gasteiger partial charge in [0, 0.05) is 24.7 Å². The first-order valence-corrected chi connectivity index (χ1v) is 8.45. The lowest BCUT2D eigenvalue weighted by atomic mass is 10.0. The first-order valence-electron chi connectivity index (χ1n) is 8.45. The first-order chi connectivity index (χ1) is 12.5. The minimum Gasteiger partial charge on any atom is -0.352 e. The number of hydrogen-bond acceptors (Lipinski definition) is 3. The van der Waals surface area contributed by atoms with Crippen LogP contribution in [0.25, 0.3) is 0 Å². The minimum atomic E-state index is -0.296. The molecule has 0 fully saturated rings. The monoisotopic (exact) mass is 351 g/mol. The van der Waals surface area contributed by atoms with Crippen molar-refractivity contribution in [2.24, 2.45) is 0 Å². The molecule has 1 aliphatic heterocycles. The summed E-state index contributed by atoms with van der Waals surface area (Å²) in [6, 6.07) is 14.3. The topological polar surface area (TPSA) is 78.5 Å². The van der Waals surface area contributed by atoms with Crippen molar-refractivity contribution in [1.82, 2.24) is 15.5 Å². The van der Waals surface area contributed by atoms with Gasteiger partial charge in [0.05, 0.1) is 12.6 Å². The molecule has 2 aromatic rings. The number of carbonyl (C=O) groups is 3. The van der Waals surface area contributed by atoms with Crippen LogP contribution < -0.4 is 10.6 Å². The SMILES string of the molecule is Cc1ccc(C(=O)NCC(=O)NCC2c3ccccc3C(=O)N2C)cc1. The van der Waals surface area contributed by atoms with Crippen molar-refractivity contribution in [3.63, 3.8) is 0 Å². The van der Waals surface area contributed by atoms with Gasteiger partial charge in [-0.05, 0) is 30.7 Å². The molecule has 0 aliphatic carbocycles. The van der Waals surface area contributed by atoms with Crippen LogP contribution in [0.4, 0.5) is 0 Å². The normalized spacial score (nSPS) is 15.5. The molecule has 0 spiro atoms. The fraction of sp³-hybridized carbons (Fsp3) is 0.250. The summed E-state index contributed by atoms with van der Waals surface area (Å²) in [6.45, 7) is 2.13. The highest BCUT2D eigenvalue weighted by Gasteiger charge is 2.33. The Morgan fingerprint density at radius 2 is 1.73 bits per heavy atom. The highest BCUT2D eigenvalue weighted by atomic mass is 16.2. The molecule has 3 amide bonds. The Labute approximate surface area is 152 Å². The summed E-state index contributed by atoms with van der Waals surface area (Å²) in [5.41, 5.74) is 3.15. The van der Waals surface area contributed by atoms with E-state index in [0.717, 1.165) is 11.1 Å². The van der Waals surface area contributed by atoms with Gasteiger partial charge in [-0.15, -0.1) is 0 Å². The fourth-order valence-corrected chi connectivity index (χ4v) is 3.01. The number of likely N-dealkylation sites (N-methyl/N-ethyl adjacent to an activating group) is 1. The molecule has 0 bridgehead atoms. The Bertz CT molecular complexity index is 846. The van der Waals surface area contributed by atoms with E-state index in [0.29, 0.717) is 17.7 Å². The molecule has 0 saturated heterocycles. The van der Waals surface area contributed by atoms with Crippen LogP contribution in [-0.4, -0.2) is 42.8 Å². The number of rotatable bonds is 5. The van der Waals surface area contributed by atoms with Gasteiger partial charge in [-0.1, -0.05) is 35.9 Å². The highest BCUT2D eigenvalue weighted by molar-refractivity contribution is 5.99. The number of benzene rings is 2. The summed E-state index contributed by atoms with van der Waals surface area (Å²) in [5, 5.41) is 5.39. The lowest BCUT2D eigenvalue weighted by Gasteiger charge is -2.21. The van der Waals surface area contributed by atoms with Crippen molar-refractivity contribution < 1.29 is 14.4 Å². The molecule has 6 heteroatoms. The van der Waals surface area contributed by atoms with Crippen molar-refractivity contribution in [1.29, 1.82) is 0 Å². The van der Waals surface area contributed by atoms with Gasteiger partial charge in [0.2, 0.25) is 5.91 Å². The maximum absolute atomic E-state index is 12.2. The molecule has 1 atom stereocenters. The number of carbonyl (C=O) groups excluding carboxylic acids is 3. The molecule has 1 heterocycles. The van der Waals surface area contributed by atoms with Gasteiger partial charge in [-0.3, -0.25) is 14.4 Å². The van der Waals surface area contributed by atoms with Crippen LogP contribution in [0.3, 0.4) is 0 Å². The van der Waals surface area contributed by atoms with Gasteiger partial charge >= 0.3 is 0 Å². The zero-order chi connectivity index (χ0) is 18.7. The van der Waals surface area contributed by atoms with E-state index in [2.05, 4.69) is 10.6 Å². The zero-order valence-corrected chi connectivity index (χ0v) is 14.8. The lowest BCUT2D eigenvalue weighted by Crippen LogP contribution is -2.40. The molecular formula is C20H21N3O3. The number of amides is 3. The van der Waals surface area contributed by atoms with E-state index in [-0.39, 0.29) is 30.3 Å². The Hall–Kier alpha value is -3.15. The highest BCUT2D eigenvalue weighted by Crippen LogP contribution is 2.31. The number of nitrogens with one attached hydrogen (secondary N) is 2. The second-order valence-electron chi connectivity index (χ2n) is 6.37. The van der Waals surface area contributed by atoms with E-state index in [4.69, 9.17) is 0 Å². The van der Waals surface area contributed by atoms with E-state index < -0.39 is 0 Å². The average molecular weight is 351 g/mol. The summed E-state index contributed by atoms with van der Waals surface area (Å²) in [6.07, 6.45) is 0. The Morgan fingerprint density at radius 3 is 2.46 bits per heavy atom. The van der Waals surface area contributed by atoms with Crippen LogP contribution in [0.15, 0.2) is 48.5 Å². The summed E-state index contributed by atoms with van der Waals surface area (Å²) < 4.78 is 0. The standard InChI is InChI=1S/C20H21N3O3/c1-13-7-9-14(10-8-13)19(25)22-12-18(24)21-11-17-15-5-3-4-6-16(15)20(26)23(17)2/h3-10,17H,11-12H2,1-2H3,(H,21,24)(H,22,25). The third-order valence-corrected chi connectivity index (χ3v) is 4.55. The number of fused-ring (bicyclic) bond motifs is 1. The lowest BCUT2D eigenvalue weighted by molar-refractivity contribution is -0.120. The molecule has 2 N–H and O–H groups in total. The molecule has 0 saturated carbocycles. The smallest absolute Gasteiger partial charge is 0.254 e. The van der Waals surface area contributed by atoms with E-state index in [1.807, 2.05) is 37.3 Å². The van der Waals surface area contributed by atoms with Crippen molar-refractivity contribution in [2.45, 2.75) is 13.0 Å². The number of nitrogens with zero attached hydrogens (tertiary/aromatic N) is 1. The molecule has 6 nitrogen and oxygen atoms in total. The Morgan fingerprint density at radius 1 is 1.04 bits per heavy atom. The molecule has 0 aromatic heterocycles. The van der Waals surface area contributed by atoms with Gasteiger partial charge in [0.25, 0.3) is 11.8 Å². The van der Waals surface area contributed by atoms with Gasteiger partial charge in [0.1, 0.15) is 0 Å². The largest absolute Gasteiger partial charge is 0.352 e. The number of hydrogen-bond donors (Lipinski definition) is 2. The Kier molecular flexibility index (Phi) is 5.02. The van der Waals surface area contributed by atoms with Crippen LogP contribution in [0.5, 0.6) is 0 Å². The maximum atomic E-state index is 12.2. The van der Waals surface area contributed by atoms with E-state index in [9.17, 15) is 14.4 Å². The van der Waals surface area contributed by atoms with Gasteiger partial charge in [-0.2, -0.15) is 0 Å². The van der Waals surface area contributed by atoms with Crippen molar-refractivity contribution in [2.75, 3.05) is 20.1 Å². The molecule has 0 radical (unpaired) electrons. The van der Waals surface area contributed by atoms with Crippen LogP contribution >= 0.6 is 0 Å². The third-order valence-electron chi connectivity index (χ3n) is 4.55. The molecule has 2 aromatic carbocycles. The van der Waals surface area contributed by atoms with E-state index in [1.165, 1.54) is 0 Å². The third kappa shape index (κ3) is 3.59. The predicted molar refractivity (Wildman–Crippen MR) is 97.8 cm³/mol. The van der Waals surface area contributed by atoms with Crippen LogP contribution in [0, 0.1) is 6.92 Å². The van der Waals surface area contributed by atoms with Gasteiger partial charge in [-0.25, -0.2) is 0 Å². The van der Waals surface area contributed by atoms with Crippen LogP contribution in [0.2, 0.25) is 0 Å². The Balaban J connectivity index is 1.52. The molecule has 1 aliphatic rings. The van der Waals surface area contributed by atoms with E-state index >= 15 is 0 Å². The van der Waals surface area contributed by atoms with Crippen LogP contribution in [0.1, 0.15) is 37.9 Å². The van der Waals surface area contributed by atoms with E-state index in [1.54, 1.807) is 30.1 Å². The second kappa shape index (κ2) is 7.39. The van der Waals surface area contributed by atoms with Gasteiger partial charge in [0.15, 0.2) is 0 Å². The summed E-state index contributed by atoms with van der Waals surface area (Å²) in [4.78, 5) is 37.9. The predicted octanol–water partition coefficient (Wildman–Crippen LogP) is 1.67. The maximum Gasteiger partial charge on any atom is 0.254 e. The van der Waals surface area contributed by atoms with Crippen molar-refractivity contribution in [3.8, 4) is 0 Å². The second-order valence-corrected chi connectivity index (χ2v) is 6.37. The summed E-state index contributed by atoms with van der Waals surface area (Å²) in [7, 11) is 1.72. The summed E-state index contributed by atoms with van der Waals surface area (Å²) >= 11 is 0. The quantitative estimate of drug-likeness (QED) is 0.860. The molecular weight excluding hydrogens is 330 g/mol. The summed E-state index contributed by atoms with van der Waals surface area (Å²) in [5.74, 6) is -0.637. The molecule has 134 valence electrons. The van der Waals surface area contributed by atoms with Gasteiger partial charge < -0.3 is 15.5 Å². The molecule has 26 heavy (non-hydrogen) atoms. The first kappa shape index (κ1) is 17.7. The number of aryl methyl sites for hydroxylation is 1. The zero-order valence-electron chi connectivity index (χ0n) is 14.8. The minimum absolute atomic E-state index is 0.0486. The van der Waals surface area contributed by atoms with Crippen LogP contribution in [-0.2, 0) is 4.79 Å². The van der Waals surface area contributed by atoms with Crippen molar-refractivity contribution in [3.05, 3.63) is 70.8 Å². The van der Waals surface area contributed by atoms with Crippen molar-refractivity contribution >= 4 is 17.7 Å². The fourth-order valence-electron chi connectivity index (χ4n) is 3.01. The molecule has 1 unspecified atom stereocenters. The average Bonchev–Trinajstić information content (AvgIpc) is 2.89.